The average molecular weight is 351 g/mol. The number of carbonyl (C=O) groups excluding carboxylic acids is 1. The van der Waals surface area contributed by atoms with Crippen LogP contribution in [0.2, 0.25) is 0 Å². The quantitative estimate of drug-likeness (QED) is 0.670. The maximum Gasteiger partial charge on any atom is 0.252 e. The number of hydrogen-bond donors (Lipinski definition) is 0. The lowest BCUT2D eigenvalue weighted by molar-refractivity contribution is -0.133. The van der Waals surface area contributed by atoms with Crippen LogP contribution >= 0.6 is 0 Å². The normalized spacial score (nSPS) is 19.6. The van der Waals surface area contributed by atoms with Crippen LogP contribution in [0, 0.1) is 5.92 Å². The molecule has 2 fully saturated rings. The summed E-state index contributed by atoms with van der Waals surface area (Å²) in [5.41, 5.74) is 0. The summed E-state index contributed by atoms with van der Waals surface area (Å²) in [4.78, 5) is 18.9. The maximum atomic E-state index is 12.4. The minimum absolute atomic E-state index is 0.270. The van der Waals surface area contributed by atoms with E-state index in [0.29, 0.717) is 37.5 Å². The van der Waals surface area contributed by atoms with E-state index < -0.39 is 0 Å². The SMILES string of the molecule is COCCOCc1nc(C2CCN(C(=O)CC3CCCC3)CC2)no1. The summed E-state index contributed by atoms with van der Waals surface area (Å²) in [7, 11) is 1.64. The smallest absolute Gasteiger partial charge is 0.252 e. The molecule has 7 heteroatoms. The van der Waals surface area contributed by atoms with E-state index in [-0.39, 0.29) is 5.92 Å². The Morgan fingerprint density at radius 2 is 1.96 bits per heavy atom. The Labute approximate surface area is 149 Å². The molecular formula is C18H29N3O4. The number of hydrogen-bond acceptors (Lipinski definition) is 6. The van der Waals surface area contributed by atoms with Crippen molar-refractivity contribution in [2.75, 3.05) is 33.4 Å². The fourth-order valence-electron chi connectivity index (χ4n) is 3.77. The minimum atomic E-state index is 0.270. The monoisotopic (exact) mass is 351 g/mol. The van der Waals surface area contributed by atoms with Gasteiger partial charge in [-0.05, 0) is 31.6 Å². The van der Waals surface area contributed by atoms with E-state index in [1.807, 2.05) is 4.90 Å². The molecule has 0 radical (unpaired) electrons. The van der Waals surface area contributed by atoms with Crippen molar-refractivity contribution in [1.82, 2.24) is 15.0 Å². The number of likely N-dealkylation sites (tertiary alicyclic amines) is 1. The van der Waals surface area contributed by atoms with E-state index in [1.54, 1.807) is 7.11 Å². The molecule has 0 bridgehead atoms. The first kappa shape index (κ1) is 18.3. The van der Waals surface area contributed by atoms with Crippen molar-refractivity contribution < 1.29 is 18.8 Å². The van der Waals surface area contributed by atoms with Gasteiger partial charge in [-0.25, -0.2) is 0 Å². The maximum absolute atomic E-state index is 12.4. The highest BCUT2D eigenvalue weighted by molar-refractivity contribution is 5.76. The molecule has 1 aromatic heterocycles. The number of carbonyl (C=O) groups is 1. The Morgan fingerprint density at radius 1 is 1.20 bits per heavy atom. The van der Waals surface area contributed by atoms with E-state index in [0.717, 1.165) is 38.2 Å². The lowest BCUT2D eigenvalue weighted by atomic mass is 9.95. The lowest BCUT2D eigenvalue weighted by Crippen LogP contribution is -2.38. The van der Waals surface area contributed by atoms with Crippen LogP contribution in [0.4, 0.5) is 0 Å². The average Bonchev–Trinajstić information content (AvgIpc) is 3.31. The first-order valence-corrected chi connectivity index (χ1v) is 9.43. The molecule has 1 aliphatic carbocycles. The molecule has 1 aliphatic heterocycles. The highest BCUT2D eigenvalue weighted by Gasteiger charge is 2.28. The van der Waals surface area contributed by atoms with E-state index in [9.17, 15) is 4.79 Å². The Kier molecular flexibility index (Phi) is 6.81. The van der Waals surface area contributed by atoms with Crippen LogP contribution in [0.1, 0.15) is 62.6 Å². The van der Waals surface area contributed by atoms with Gasteiger partial charge in [-0.3, -0.25) is 4.79 Å². The molecular weight excluding hydrogens is 322 g/mol. The zero-order chi connectivity index (χ0) is 17.5. The number of nitrogens with zero attached hydrogens (tertiary/aromatic N) is 3. The predicted octanol–water partition coefficient (Wildman–Crippen LogP) is 2.52. The number of rotatable bonds is 8. The number of piperidine rings is 1. The van der Waals surface area contributed by atoms with Crippen molar-refractivity contribution in [2.45, 2.75) is 57.5 Å². The van der Waals surface area contributed by atoms with E-state index in [2.05, 4.69) is 10.1 Å². The molecule has 1 amide bonds. The second-order valence-corrected chi connectivity index (χ2v) is 7.10. The molecule has 2 aliphatic rings. The van der Waals surface area contributed by atoms with Crippen molar-refractivity contribution in [3.8, 4) is 0 Å². The van der Waals surface area contributed by atoms with Gasteiger partial charge < -0.3 is 18.9 Å². The van der Waals surface area contributed by atoms with Crippen LogP contribution in [-0.4, -0.2) is 54.4 Å². The molecule has 25 heavy (non-hydrogen) atoms. The largest absolute Gasteiger partial charge is 0.382 e. The van der Waals surface area contributed by atoms with Gasteiger partial charge in [0.2, 0.25) is 5.91 Å². The molecule has 0 spiro atoms. The Hall–Kier alpha value is -1.47. The Bertz CT molecular complexity index is 534. The molecule has 1 saturated heterocycles. The van der Waals surface area contributed by atoms with Crippen LogP contribution in [0.5, 0.6) is 0 Å². The van der Waals surface area contributed by atoms with Crippen LogP contribution in [0.15, 0.2) is 4.52 Å². The third-order valence-electron chi connectivity index (χ3n) is 5.29. The highest BCUT2D eigenvalue weighted by Crippen LogP contribution is 2.30. The molecule has 0 atom stereocenters. The zero-order valence-electron chi connectivity index (χ0n) is 15.1. The predicted molar refractivity (Wildman–Crippen MR) is 91.0 cm³/mol. The van der Waals surface area contributed by atoms with E-state index >= 15 is 0 Å². The third kappa shape index (κ3) is 5.25. The van der Waals surface area contributed by atoms with Crippen LogP contribution in [0.25, 0.3) is 0 Å². The van der Waals surface area contributed by atoms with Gasteiger partial charge in [0, 0.05) is 32.5 Å². The van der Waals surface area contributed by atoms with Crippen molar-refractivity contribution in [2.24, 2.45) is 5.92 Å². The van der Waals surface area contributed by atoms with E-state index in [4.69, 9.17) is 14.0 Å². The Balaban J connectivity index is 1.41. The number of aromatic nitrogens is 2. The summed E-state index contributed by atoms with van der Waals surface area (Å²) >= 11 is 0. The number of ether oxygens (including phenoxy) is 2. The summed E-state index contributed by atoms with van der Waals surface area (Å²) in [5, 5.41) is 4.09. The van der Waals surface area contributed by atoms with Gasteiger partial charge in [-0.2, -0.15) is 4.98 Å². The molecule has 0 unspecified atom stereocenters. The fraction of sp³-hybridized carbons (Fsp3) is 0.833. The van der Waals surface area contributed by atoms with E-state index in [1.165, 1.54) is 25.7 Å². The lowest BCUT2D eigenvalue weighted by Gasteiger charge is -2.31. The first-order valence-electron chi connectivity index (χ1n) is 9.43. The summed E-state index contributed by atoms with van der Waals surface area (Å²) in [6.07, 6.45) is 7.56. The van der Waals surface area contributed by atoms with Gasteiger partial charge in [0.05, 0.1) is 13.2 Å². The molecule has 1 saturated carbocycles. The molecule has 140 valence electrons. The standard InChI is InChI=1S/C18H29N3O4/c1-23-10-11-24-13-16-19-18(20-25-16)15-6-8-21(9-7-15)17(22)12-14-4-2-3-5-14/h14-15H,2-13H2,1H3. The molecule has 3 rings (SSSR count). The summed E-state index contributed by atoms with van der Waals surface area (Å²) in [5.74, 6) is 2.46. The van der Waals surface area contributed by atoms with Gasteiger partial charge in [0.1, 0.15) is 6.61 Å². The van der Waals surface area contributed by atoms with Crippen molar-refractivity contribution >= 4 is 5.91 Å². The number of methoxy groups -OCH3 is 1. The first-order chi connectivity index (χ1) is 12.3. The summed E-state index contributed by atoms with van der Waals surface area (Å²) in [6, 6.07) is 0. The molecule has 7 nitrogen and oxygen atoms in total. The van der Waals surface area contributed by atoms with Gasteiger partial charge in [0.15, 0.2) is 5.82 Å². The number of amides is 1. The van der Waals surface area contributed by atoms with Gasteiger partial charge in [0.25, 0.3) is 5.89 Å². The Morgan fingerprint density at radius 3 is 2.68 bits per heavy atom. The zero-order valence-corrected chi connectivity index (χ0v) is 15.1. The van der Waals surface area contributed by atoms with Crippen LogP contribution < -0.4 is 0 Å². The molecule has 0 N–H and O–H groups in total. The second-order valence-electron chi connectivity index (χ2n) is 7.10. The summed E-state index contributed by atoms with van der Waals surface area (Å²) in [6.45, 7) is 2.97. The highest BCUT2D eigenvalue weighted by atomic mass is 16.5. The fourth-order valence-corrected chi connectivity index (χ4v) is 3.77. The topological polar surface area (TPSA) is 77.7 Å². The van der Waals surface area contributed by atoms with Crippen molar-refractivity contribution in [3.05, 3.63) is 11.7 Å². The molecule has 1 aromatic rings. The van der Waals surface area contributed by atoms with Crippen LogP contribution in [-0.2, 0) is 20.9 Å². The molecule has 0 aromatic carbocycles. The second kappa shape index (κ2) is 9.29. The van der Waals surface area contributed by atoms with Gasteiger partial charge in [-0.15, -0.1) is 0 Å². The van der Waals surface area contributed by atoms with Crippen LogP contribution in [0.3, 0.4) is 0 Å². The molecule has 2 heterocycles. The van der Waals surface area contributed by atoms with Gasteiger partial charge >= 0.3 is 0 Å². The van der Waals surface area contributed by atoms with Gasteiger partial charge in [-0.1, -0.05) is 18.0 Å². The minimum Gasteiger partial charge on any atom is -0.382 e. The third-order valence-corrected chi connectivity index (χ3v) is 5.29. The summed E-state index contributed by atoms with van der Waals surface area (Å²) < 4.78 is 15.6. The van der Waals surface area contributed by atoms with Crippen molar-refractivity contribution in [1.29, 1.82) is 0 Å². The van der Waals surface area contributed by atoms with Crippen molar-refractivity contribution in [3.63, 3.8) is 0 Å².